The smallest absolute Gasteiger partial charge is 0.217 e. The Hall–Kier alpha value is -0.610. The van der Waals surface area contributed by atoms with E-state index in [0.717, 1.165) is 38.9 Å². The van der Waals surface area contributed by atoms with Crippen LogP contribution < -0.4 is 5.32 Å². The molecule has 3 atom stereocenters. The predicted molar refractivity (Wildman–Crippen MR) is 67.2 cm³/mol. The zero-order valence-corrected chi connectivity index (χ0v) is 11.1. The Labute approximate surface area is 108 Å². The molecule has 1 amide bonds. The standard InChI is InChI=1S/C14H23NO3/c1-10(16)15-12-9-14(5-7-17-8-6-14)18-13-4-2-3-11(12)13/h11-13H,2-9H2,1H3,(H,15,16)/t11-,12+,13+/m1/s1. The van der Waals surface area contributed by atoms with Crippen molar-refractivity contribution in [1.29, 1.82) is 0 Å². The number of ether oxygens (including phenoxy) is 2. The molecule has 0 aromatic carbocycles. The largest absolute Gasteiger partial charge is 0.381 e. The van der Waals surface area contributed by atoms with Crippen molar-refractivity contribution in [3.63, 3.8) is 0 Å². The van der Waals surface area contributed by atoms with E-state index in [4.69, 9.17) is 9.47 Å². The molecule has 2 heterocycles. The molecule has 1 saturated carbocycles. The van der Waals surface area contributed by atoms with E-state index in [1.165, 1.54) is 12.8 Å². The molecule has 0 unspecified atom stereocenters. The summed E-state index contributed by atoms with van der Waals surface area (Å²) < 4.78 is 11.9. The van der Waals surface area contributed by atoms with Crippen LogP contribution in [0.15, 0.2) is 0 Å². The van der Waals surface area contributed by atoms with Crippen LogP contribution in [0.2, 0.25) is 0 Å². The SMILES string of the molecule is CC(=O)N[C@H]1CC2(CCOCC2)O[C@H]2CCC[C@H]12. The van der Waals surface area contributed by atoms with Gasteiger partial charge in [0.1, 0.15) is 0 Å². The Balaban J connectivity index is 1.77. The number of nitrogens with one attached hydrogen (secondary N) is 1. The molecule has 3 fully saturated rings. The lowest BCUT2D eigenvalue weighted by atomic mass is 9.78. The molecule has 3 rings (SSSR count). The van der Waals surface area contributed by atoms with Crippen LogP contribution in [0.3, 0.4) is 0 Å². The van der Waals surface area contributed by atoms with Gasteiger partial charge in [0.2, 0.25) is 5.91 Å². The first-order valence-corrected chi connectivity index (χ1v) is 7.21. The van der Waals surface area contributed by atoms with Gasteiger partial charge in [0.15, 0.2) is 0 Å². The number of hydrogen-bond acceptors (Lipinski definition) is 3. The van der Waals surface area contributed by atoms with Crippen molar-refractivity contribution in [3.05, 3.63) is 0 Å². The summed E-state index contributed by atoms with van der Waals surface area (Å²) >= 11 is 0. The summed E-state index contributed by atoms with van der Waals surface area (Å²) in [5.74, 6) is 0.622. The molecular formula is C14H23NO3. The number of hydrogen-bond donors (Lipinski definition) is 1. The van der Waals surface area contributed by atoms with Gasteiger partial charge in [-0.25, -0.2) is 0 Å². The van der Waals surface area contributed by atoms with Gasteiger partial charge in [0.05, 0.1) is 11.7 Å². The van der Waals surface area contributed by atoms with Crippen molar-refractivity contribution in [3.8, 4) is 0 Å². The van der Waals surface area contributed by atoms with Crippen molar-refractivity contribution >= 4 is 5.91 Å². The van der Waals surface area contributed by atoms with Gasteiger partial charge in [0, 0.05) is 32.1 Å². The van der Waals surface area contributed by atoms with Crippen molar-refractivity contribution in [2.75, 3.05) is 13.2 Å². The highest BCUT2D eigenvalue weighted by Crippen LogP contribution is 2.45. The Morgan fingerprint density at radius 1 is 1.28 bits per heavy atom. The average molecular weight is 253 g/mol. The fraction of sp³-hybridized carbons (Fsp3) is 0.929. The van der Waals surface area contributed by atoms with Crippen LogP contribution >= 0.6 is 0 Å². The van der Waals surface area contributed by atoms with E-state index < -0.39 is 0 Å². The minimum atomic E-state index is -0.0309. The lowest BCUT2D eigenvalue weighted by molar-refractivity contribution is -0.189. The molecule has 0 bridgehead atoms. The molecule has 102 valence electrons. The molecule has 2 saturated heterocycles. The van der Waals surface area contributed by atoms with E-state index in [2.05, 4.69) is 5.32 Å². The van der Waals surface area contributed by atoms with Crippen molar-refractivity contribution in [2.24, 2.45) is 5.92 Å². The highest BCUT2D eigenvalue weighted by Gasteiger charge is 2.49. The Morgan fingerprint density at radius 2 is 2.06 bits per heavy atom. The topological polar surface area (TPSA) is 47.6 Å². The number of carbonyl (C=O) groups excluding carboxylic acids is 1. The maximum absolute atomic E-state index is 11.4. The van der Waals surface area contributed by atoms with Crippen LogP contribution in [0.4, 0.5) is 0 Å². The van der Waals surface area contributed by atoms with Crippen LogP contribution in [-0.4, -0.2) is 36.9 Å². The Bertz CT molecular complexity index is 325. The summed E-state index contributed by atoms with van der Waals surface area (Å²) in [6.07, 6.45) is 6.87. The third-order valence-electron chi connectivity index (χ3n) is 4.81. The summed E-state index contributed by atoms with van der Waals surface area (Å²) in [6.45, 7) is 3.21. The zero-order chi connectivity index (χ0) is 12.6. The Morgan fingerprint density at radius 3 is 2.78 bits per heavy atom. The lowest BCUT2D eigenvalue weighted by Crippen LogP contribution is -2.57. The van der Waals surface area contributed by atoms with E-state index >= 15 is 0 Å². The van der Waals surface area contributed by atoms with Gasteiger partial charge in [-0.15, -0.1) is 0 Å². The highest BCUT2D eigenvalue weighted by molar-refractivity contribution is 5.73. The monoisotopic (exact) mass is 253 g/mol. The molecule has 3 aliphatic rings. The van der Waals surface area contributed by atoms with Crippen molar-refractivity contribution < 1.29 is 14.3 Å². The van der Waals surface area contributed by atoms with E-state index in [1.807, 2.05) is 0 Å². The van der Waals surface area contributed by atoms with E-state index in [-0.39, 0.29) is 11.5 Å². The van der Waals surface area contributed by atoms with Crippen LogP contribution in [-0.2, 0) is 14.3 Å². The van der Waals surface area contributed by atoms with Crippen LogP contribution in [0.5, 0.6) is 0 Å². The van der Waals surface area contributed by atoms with Gasteiger partial charge in [-0.3, -0.25) is 4.79 Å². The molecule has 0 radical (unpaired) electrons. The second-order valence-electron chi connectivity index (χ2n) is 6.06. The molecule has 4 nitrogen and oxygen atoms in total. The predicted octanol–water partition coefficient (Wildman–Crippen LogP) is 1.63. The molecule has 0 aromatic rings. The number of amides is 1. The molecule has 1 spiro atoms. The van der Waals surface area contributed by atoms with Gasteiger partial charge >= 0.3 is 0 Å². The first kappa shape index (κ1) is 12.4. The second kappa shape index (κ2) is 4.82. The molecular weight excluding hydrogens is 230 g/mol. The minimum Gasteiger partial charge on any atom is -0.381 e. The zero-order valence-electron chi connectivity index (χ0n) is 11.1. The van der Waals surface area contributed by atoms with Gasteiger partial charge in [-0.2, -0.15) is 0 Å². The molecule has 4 heteroatoms. The van der Waals surface area contributed by atoms with Gasteiger partial charge in [0.25, 0.3) is 0 Å². The number of fused-ring (bicyclic) bond motifs is 1. The Kier molecular flexibility index (Phi) is 3.32. The van der Waals surface area contributed by atoms with Gasteiger partial charge in [-0.1, -0.05) is 6.42 Å². The lowest BCUT2D eigenvalue weighted by Gasteiger charge is -2.48. The van der Waals surface area contributed by atoms with Crippen molar-refractivity contribution in [1.82, 2.24) is 5.32 Å². The third-order valence-corrected chi connectivity index (χ3v) is 4.81. The summed E-state index contributed by atoms with van der Waals surface area (Å²) in [7, 11) is 0. The molecule has 2 aliphatic heterocycles. The highest BCUT2D eigenvalue weighted by atomic mass is 16.5. The van der Waals surface area contributed by atoms with Gasteiger partial charge < -0.3 is 14.8 Å². The molecule has 1 aliphatic carbocycles. The first-order valence-electron chi connectivity index (χ1n) is 7.21. The average Bonchev–Trinajstić information content (AvgIpc) is 2.77. The second-order valence-corrected chi connectivity index (χ2v) is 6.06. The normalized spacial score (nSPS) is 38.4. The van der Waals surface area contributed by atoms with E-state index in [0.29, 0.717) is 18.1 Å². The first-order chi connectivity index (χ1) is 8.69. The summed E-state index contributed by atoms with van der Waals surface area (Å²) in [6, 6.07) is 0.307. The maximum atomic E-state index is 11.4. The van der Waals surface area contributed by atoms with Crippen LogP contribution in [0, 0.1) is 5.92 Å². The summed E-state index contributed by atoms with van der Waals surface area (Å²) in [5, 5.41) is 3.16. The molecule has 0 aromatic heterocycles. The molecule has 18 heavy (non-hydrogen) atoms. The fourth-order valence-electron chi connectivity index (χ4n) is 3.97. The van der Waals surface area contributed by atoms with Crippen LogP contribution in [0.1, 0.15) is 45.4 Å². The number of carbonyl (C=O) groups is 1. The third kappa shape index (κ3) is 2.28. The van der Waals surface area contributed by atoms with Crippen LogP contribution in [0.25, 0.3) is 0 Å². The fourth-order valence-corrected chi connectivity index (χ4v) is 3.97. The summed E-state index contributed by atoms with van der Waals surface area (Å²) in [4.78, 5) is 11.4. The molecule has 1 N–H and O–H groups in total. The van der Waals surface area contributed by atoms with Gasteiger partial charge in [-0.05, 0) is 32.1 Å². The summed E-state index contributed by atoms with van der Waals surface area (Å²) in [5.41, 5.74) is -0.0309. The van der Waals surface area contributed by atoms with E-state index in [1.54, 1.807) is 6.92 Å². The minimum absolute atomic E-state index is 0.0309. The quantitative estimate of drug-likeness (QED) is 0.772. The van der Waals surface area contributed by atoms with E-state index in [9.17, 15) is 4.79 Å². The maximum Gasteiger partial charge on any atom is 0.217 e. The van der Waals surface area contributed by atoms with Crippen molar-refractivity contribution in [2.45, 2.75) is 63.2 Å². The number of rotatable bonds is 1.